The fraction of sp³-hybridized carbons (Fsp3) is 0.158. The van der Waals surface area contributed by atoms with Gasteiger partial charge in [0.1, 0.15) is 11.6 Å². The molecule has 0 saturated carbocycles. The van der Waals surface area contributed by atoms with Gasteiger partial charge in [0.25, 0.3) is 0 Å². The normalized spacial score (nSPS) is 11.2. The maximum atomic E-state index is 14.3. The van der Waals surface area contributed by atoms with Crippen LogP contribution in [0.1, 0.15) is 29.8 Å². The van der Waals surface area contributed by atoms with Crippen LogP contribution in [0.3, 0.4) is 0 Å². The largest absolute Gasteiger partial charge is 0.312 e. The van der Waals surface area contributed by atoms with Crippen LogP contribution in [-0.2, 0) is 6.42 Å². The van der Waals surface area contributed by atoms with Crippen molar-refractivity contribution in [1.82, 2.24) is 4.57 Å². The molecule has 7 heteroatoms. The number of carbonyl (C=O) groups excluding carboxylic acids is 1. The fourth-order valence-corrected chi connectivity index (χ4v) is 2.95. The topological polar surface area (TPSA) is 39.1 Å². The molecule has 3 aromatic rings. The Hall–Kier alpha value is -2.96. The number of carbonyl (C=O) groups is 1. The Morgan fingerprint density at radius 3 is 2.35 bits per heavy atom. The maximum Gasteiger partial charge on any atom is 0.200 e. The predicted molar refractivity (Wildman–Crippen MR) is 88.8 cm³/mol. The van der Waals surface area contributed by atoms with E-state index in [1.807, 2.05) is 0 Å². The highest BCUT2D eigenvalue weighted by Crippen LogP contribution is 2.27. The van der Waals surface area contributed by atoms with E-state index in [1.54, 1.807) is 6.92 Å². The molecule has 0 radical (unpaired) electrons. The van der Waals surface area contributed by atoms with Crippen molar-refractivity contribution in [3.63, 3.8) is 0 Å². The number of aryl methyl sites for hydroxylation is 1. The summed E-state index contributed by atoms with van der Waals surface area (Å²) in [7, 11) is 0. The summed E-state index contributed by atoms with van der Waals surface area (Å²) in [5.41, 5.74) is -1.49. The standard InChI is InChI=1S/C19H13F4NO2/c1-3-11-17(23)15(22)7-12-18(11)24(8-13(9(2)25)19(12)26)16-5-4-10(20)6-14(16)21/h4-8H,3H2,1-2H3. The molecule has 0 aliphatic carbocycles. The number of rotatable bonds is 3. The Kier molecular flexibility index (Phi) is 4.39. The van der Waals surface area contributed by atoms with Gasteiger partial charge in [-0.15, -0.1) is 0 Å². The highest BCUT2D eigenvalue weighted by molar-refractivity contribution is 5.98. The van der Waals surface area contributed by atoms with E-state index in [9.17, 15) is 27.2 Å². The van der Waals surface area contributed by atoms with Crippen molar-refractivity contribution in [2.24, 2.45) is 0 Å². The van der Waals surface area contributed by atoms with Crippen molar-refractivity contribution in [2.75, 3.05) is 0 Å². The van der Waals surface area contributed by atoms with Crippen LogP contribution < -0.4 is 5.43 Å². The lowest BCUT2D eigenvalue weighted by Gasteiger charge is -2.17. The highest BCUT2D eigenvalue weighted by Gasteiger charge is 2.22. The van der Waals surface area contributed by atoms with Crippen LogP contribution in [-0.4, -0.2) is 10.4 Å². The van der Waals surface area contributed by atoms with Crippen molar-refractivity contribution in [2.45, 2.75) is 20.3 Å². The van der Waals surface area contributed by atoms with Crippen LogP contribution in [0.15, 0.2) is 35.3 Å². The Labute approximate surface area is 145 Å². The average Bonchev–Trinajstić information content (AvgIpc) is 2.57. The summed E-state index contributed by atoms with van der Waals surface area (Å²) in [6.45, 7) is 2.68. The quantitative estimate of drug-likeness (QED) is 0.514. The highest BCUT2D eigenvalue weighted by atomic mass is 19.2. The molecule has 0 amide bonds. The van der Waals surface area contributed by atoms with Crippen LogP contribution in [0.25, 0.3) is 16.6 Å². The van der Waals surface area contributed by atoms with Gasteiger partial charge in [0.05, 0.1) is 22.2 Å². The second kappa shape index (κ2) is 6.40. The zero-order chi connectivity index (χ0) is 19.2. The molecule has 26 heavy (non-hydrogen) atoms. The maximum absolute atomic E-state index is 14.3. The van der Waals surface area contributed by atoms with Crippen molar-refractivity contribution in [3.05, 3.63) is 75.1 Å². The monoisotopic (exact) mass is 363 g/mol. The molecule has 0 N–H and O–H groups in total. The second-order valence-corrected chi connectivity index (χ2v) is 5.79. The third-order valence-electron chi connectivity index (χ3n) is 4.18. The first kappa shape index (κ1) is 17.8. The number of ketones is 1. The fourth-order valence-electron chi connectivity index (χ4n) is 2.95. The summed E-state index contributed by atoms with van der Waals surface area (Å²) < 4.78 is 56.9. The van der Waals surface area contributed by atoms with Gasteiger partial charge in [0.15, 0.2) is 22.8 Å². The third kappa shape index (κ3) is 2.69. The number of Topliss-reactive ketones (excluding diaryl/α,β-unsaturated/α-hetero) is 1. The third-order valence-corrected chi connectivity index (χ3v) is 4.18. The van der Waals surface area contributed by atoms with E-state index in [-0.39, 0.29) is 34.1 Å². The minimum Gasteiger partial charge on any atom is -0.312 e. The molecule has 0 unspecified atom stereocenters. The van der Waals surface area contributed by atoms with E-state index < -0.39 is 34.5 Å². The van der Waals surface area contributed by atoms with Gasteiger partial charge < -0.3 is 4.57 Å². The van der Waals surface area contributed by atoms with Gasteiger partial charge in [-0.05, 0) is 31.5 Å². The molecule has 2 aromatic carbocycles. The lowest BCUT2D eigenvalue weighted by molar-refractivity contribution is 0.101. The summed E-state index contributed by atoms with van der Waals surface area (Å²) in [4.78, 5) is 24.4. The number of aromatic nitrogens is 1. The molecule has 0 aliphatic heterocycles. The average molecular weight is 363 g/mol. The molecular formula is C19H13F4NO2. The smallest absolute Gasteiger partial charge is 0.200 e. The van der Waals surface area contributed by atoms with Crippen molar-refractivity contribution in [1.29, 1.82) is 0 Å². The molecule has 1 aromatic heterocycles. The first-order valence-electron chi connectivity index (χ1n) is 7.78. The molecule has 0 saturated heterocycles. The molecule has 0 atom stereocenters. The van der Waals surface area contributed by atoms with Gasteiger partial charge in [-0.3, -0.25) is 9.59 Å². The molecule has 0 fully saturated rings. The summed E-state index contributed by atoms with van der Waals surface area (Å²) in [6.07, 6.45) is 1.08. The molecule has 0 spiro atoms. The van der Waals surface area contributed by atoms with Crippen LogP contribution >= 0.6 is 0 Å². The number of pyridine rings is 1. The molecule has 0 bridgehead atoms. The van der Waals surface area contributed by atoms with Gasteiger partial charge >= 0.3 is 0 Å². The van der Waals surface area contributed by atoms with Crippen LogP contribution in [0.5, 0.6) is 0 Å². The Balaban J connectivity index is 2.59. The van der Waals surface area contributed by atoms with E-state index >= 15 is 0 Å². The van der Waals surface area contributed by atoms with Crippen LogP contribution in [0.4, 0.5) is 17.6 Å². The summed E-state index contributed by atoms with van der Waals surface area (Å²) in [5, 5.41) is -0.253. The SMILES string of the molecule is CCc1c(F)c(F)cc2c(=O)c(C(C)=O)cn(-c3ccc(F)cc3F)c12. The van der Waals surface area contributed by atoms with Gasteiger partial charge in [0.2, 0.25) is 0 Å². The Bertz CT molecular complexity index is 1120. The molecular weight excluding hydrogens is 350 g/mol. The molecule has 1 heterocycles. The van der Waals surface area contributed by atoms with E-state index in [2.05, 4.69) is 0 Å². The molecule has 3 rings (SSSR count). The predicted octanol–water partition coefficient (Wildman–Crippen LogP) is 4.31. The number of nitrogens with zero attached hydrogens (tertiary/aromatic N) is 1. The second-order valence-electron chi connectivity index (χ2n) is 5.79. The van der Waals surface area contributed by atoms with Crippen molar-refractivity contribution in [3.8, 4) is 5.69 Å². The Morgan fingerprint density at radius 2 is 1.77 bits per heavy atom. The lowest BCUT2D eigenvalue weighted by atomic mass is 10.0. The zero-order valence-corrected chi connectivity index (χ0v) is 13.9. The van der Waals surface area contributed by atoms with E-state index in [0.29, 0.717) is 12.1 Å². The minimum absolute atomic E-state index is 0.0156. The van der Waals surface area contributed by atoms with Gasteiger partial charge in [0, 0.05) is 17.8 Å². The summed E-state index contributed by atoms with van der Waals surface area (Å²) in [6, 6.07) is 3.40. The van der Waals surface area contributed by atoms with Crippen LogP contribution in [0.2, 0.25) is 0 Å². The van der Waals surface area contributed by atoms with E-state index in [0.717, 1.165) is 29.8 Å². The first-order chi connectivity index (χ1) is 12.3. The van der Waals surface area contributed by atoms with Gasteiger partial charge in [-0.2, -0.15) is 0 Å². The number of benzene rings is 2. The van der Waals surface area contributed by atoms with Crippen LogP contribution in [0, 0.1) is 23.3 Å². The van der Waals surface area contributed by atoms with Gasteiger partial charge in [-0.25, -0.2) is 17.6 Å². The van der Waals surface area contributed by atoms with E-state index in [4.69, 9.17) is 0 Å². The minimum atomic E-state index is -1.24. The van der Waals surface area contributed by atoms with Crippen molar-refractivity contribution >= 4 is 16.7 Å². The summed E-state index contributed by atoms with van der Waals surface area (Å²) >= 11 is 0. The zero-order valence-electron chi connectivity index (χ0n) is 13.9. The summed E-state index contributed by atoms with van der Waals surface area (Å²) in [5.74, 6) is -4.81. The number of halogens is 4. The number of hydrogen-bond acceptors (Lipinski definition) is 2. The van der Waals surface area contributed by atoms with Gasteiger partial charge in [-0.1, -0.05) is 6.92 Å². The number of hydrogen-bond donors (Lipinski definition) is 0. The lowest BCUT2D eigenvalue weighted by Crippen LogP contribution is -2.19. The molecule has 134 valence electrons. The molecule has 0 aliphatic rings. The van der Waals surface area contributed by atoms with E-state index in [1.165, 1.54) is 0 Å². The number of fused-ring (bicyclic) bond motifs is 1. The first-order valence-corrected chi connectivity index (χ1v) is 7.78. The Morgan fingerprint density at radius 1 is 1.08 bits per heavy atom. The van der Waals surface area contributed by atoms with Crippen molar-refractivity contribution < 1.29 is 22.4 Å². The molecule has 3 nitrogen and oxygen atoms in total.